The predicted octanol–water partition coefficient (Wildman–Crippen LogP) is 13.5. The topological polar surface area (TPSA) is 54.6 Å². The highest BCUT2D eigenvalue weighted by Crippen LogP contribution is 2.47. The van der Waals surface area contributed by atoms with Crippen molar-refractivity contribution in [1.29, 1.82) is 0 Å². The molecule has 0 saturated carbocycles. The van der Waals surface area contributed by atoms with E-state index in [4.69, 9.17) is 18.1 Å². The molecular formula is C54H29BN2O4. The Labute approximate surface area is 347 Å². The number of hydrogen-bond donors (Lipinski definition) is 0. The summed E-state index contributed by atoms with van der Waals surface area (Å²) in [6.07, 6.45) is 0. The standard InChI is InChI=1S/C54H29BN2O4/c1-6-16-42-32(11-1)36-23-25-47-50(38-14-4-8-18-44(38)58-47)53(36)56(42)30-21-22-35-41-28-31(27-40-34-13-3-10-20-46(34)60-55(52(40)41)61-49(35)29-30)57-43-17-7-2-12-33(43)37-24-26-48-51(54(37)57)39-15-5-9-19-45(39)59-48/h1-29H. The first-order chi connectivity index (χ1) is 30.2. The van der Waals surface area contributed by atoms with Gasteiger partial charge in [-0.25, -0.2) is 0 Å². The Morgan fingerprint density at radius 1 is 0.344 bits per heavy atom. The predicted molar refractivity (Wildman–Crippen MR) is 247 cm³/mol. The molecule has 0 fully saturated rings. The third-order valence-corrected chi connectivity index (χ3v) is 13.2. The van der Waals surface area contributed by atoms with Crippen LogP contribution in [0.1, 0.15) is 0 Å². The number of para-hydroxylation sites is 5. The summed E-state index contributed by atoms with van der Waals surface area (Å²) in [5.41, 5.74) is 15.3. The summed E-state index contributed by atoms with van der Waals surface area (Å²) in [5, 5.41) is 9.12. The lowest BCUT2D eigenvalue weighted by atomic mass is 9.66. The van der Waals surface area contributed by atoms with Crippen molar-refractivity contribution in [2.45, 2.75) is 0 Å². The van der Waals surface area contributed by atoms with Crippen LogP contribution in [-0.2, 0) is 0 Å². The molecule has 7 heteroatoms. The average Bonchev–Trinajstić information content (AvgIpc) is 4.06. The van der Waals surface area contributed by atoms with E-state index in [1.165, 1.54) is 21.5 Å². The Kier molecular flexibility index (Phi) is 5.90. The maximum Gasteiger partial charge on any atom is 0.633 e. The van der Waals surface area contributed by atoms with Crippen LogP contribution in [0.5, 0.6) is 11.5 Å². The molecule has 0 amide bonds. The fourth-order valence-electron chi connectivity index (χ4n) is 10.7. The SMILES string of the molecule is c1ccc2c(c1)OB1Oc3cc(-n4c5ccccc5c5ccc6oc7ccccc7c6c54)ccc3-c3cc(-n4c5ccccc5c5ccc6oc7ccccc7c6c54)cc-2c31. The Morgan fingerprint density at radius 2 is 0.852 bits per heavy atom. The molecule has 282 valence electrons. The molecule has 6 heterocycles. The molecule has 6 nitrogen and oxygen atoms in total. The number of nitrogens with zero attached hydrogens (tertiary/aromatic N) is 2. The van der Waals surface area contributed by atoms with Crippen LogP contribution in [0.3, 0.4) is 0 Å². The zero-order valence-electron chi connectivity index (χ0n) is 32.3. The highest BCUT2D eigenvalue weighted by atomic mass is 16.6. The summed E-state index contributed by atoms with van der Waals surface area (Å²) in [7, 11) is -0.637. The first-order valence-electron chi connectivity index (χ1n) is 20.7. The molecule has 13 aromatic rings. The number of rotatable bonds is 2. The van der Waals surface area contributed by atoms with Crippen molar-refractivity contribution in [2.24, 2.45) is 0 Å². The van der Waals surface area contributed by atoms with Crippen LogP contribution in [0, 0.1) is 0 Å². The van der Waals surface area contributed by atoms with Gasteiger partial charge in [-0.1, -0.05) is 91.0 Å². The fraction of sp³-hybridized carbons (Fsp3) is 0. The summed E-state index contributed by atoms with van der Waals surface area (Å²) in [4.78, 5) is 0. The van der Waals surface area contributed by atoms with Crippen molar-refractivity contribution in [3.63, 3.8) is 0 Å². The normalized spacial score (nSPS) is 13.1. The minimum absolute atomic E-state index is 0.637. The number of fused-ring (bicyclic) bond motifs is 18. The molecule has 0 bridgehead atoms. The first-order valence-corrected chi connectivity index (χ1v) is 20.7. The monoisotopic (exact) mass is 780 g/mol. The van der Waals surface area contributed by atoms with Gasteiger partial charge in [-0.3, -0.25) is 0 Å². The van der Waals surface area contributed by atoms with Gasteiger partial charge in [0.2, 0.25) is 0 Å². The molecule has 9 aromatic carbocycles. The molecule has 0 atom stereocenters. The lowest BCUT2D eigenvalue weighted by Gasteiger charge is -2.33. The molecule has 0 radical (unpaired) electrons. The maximum absolute atomic E-state index is 7.00. The molecule has 0 saturated heterocycles. The maximum atomic E-state index is 7.00. The van der Waals surface area contributed by atoms with E-state index in [9.17, 15) is 0 Å². The minimum Gasteiger partial charge on any atom is -0.521 e. The molecule has 15 rings (SSSR count). The Balaban J connectivity index is 1.03. The van der Waals surface area contributed by atoms with Crippen LogP contribution >= 0.6 is 0 Å². The quantitative estimate of drug-likeness (QED) is 0.164. The highest BCUT2D eigenvalue weighted by molar-refractivity contribution is 6.68. The summed E-state index contributed by atoms with van der Waals surface area (Å²) in [6.45, 7) is 0. The van der Waals surface area contributed by atoms with Gasteiger partial charge in [0.05, 0.1) is 32.8 Å². The van der Waals surface area contributed by atoms with E-state index < -0.39 is 7.12 Å². The van der Waals surface area contributed by atoms with Crippen LogP contribution in [0.2, 0.25) is 0 Å². The van der Waals surface area contributed by atoms with Gasteiger partial charge in [0.15, 0.2) is 0 Å². The second kappa shape index (κ2) is 11.3. The number of furan rings is 2. The van der Waals surface area contributed by atoms with E-state index in [0.717, 1.165) is 117 Å². The minimum atomic E-state index is -0.637. The zero-order chi connectivity index (χ0) is 39.5. The van der Waals surface area contributed by atoms with Crippen LogP contribution in [0.4, 0.5) is 0 Å². The molecular weight excluding hydrogens is 751 g/mol. The van der Waals surface area contributed by atoms with Crippen molar-refractivity contribution >= 4 is 100 Å². The molecule has 0 unspecified atom stereocenters. The molecule has 0 aliphatic carbocycles. The van der Waals surface area contributed by atoms with E-state index >= 15 is 0 Å². The molecule has 61 heavy (non-hydrogen) atoms. The van der Waals surface area contributed by atoms with Crippen molar-refractivity contribution in [2.75, 3.05) is 0 Å². The van der Waals surface area contributed by atoms with Crippen molar-refractivity contribution in [3.8, 4) is 45.1 Å². The second-order valence-electron chi connectivity index (χ2n) is 16.3. The fourth-order valence-corrected chi connectivity index (χ4v) is 10.7. The van der Waals surface area contributed by atoms with Gasteiger partial charge in [-0.2, -0.15) is 0 Å². The molecule has 2 aliphatic rings. The van der Waals surface area contributed by atoms with Gasteiger partial charge >= 0.3 is 7.12 Å². The van der Waals surface area contributed by atoms with Crippen LogP contribution < -0.4 is 14.8 Å². The van der Waals surface area contributed by atoms with Gasteiger partial charge in [0, 0.05) is 66.3 Å². The summed E-state index contributed by atoms with van der Waals surface area (Å²) < 4.78 is 31.5. The Morgan fingerprint density at radius 3 is 1.49 bits per heavy atom. The highest BCUT2D eigenvalue weighted by Gasteiger charge is 2.42. The molecule has 4 aromatic heterocycles. The average molecular weight is 781 g/mol. The third-order valence-electron chi connectivity index (χ3n) is 13.2. The van der Waals surface area contributed by atoms with Crippen molar-refractivity contribution in [1.82, 2.24) is 9.13 Å². The number of hydrogen-bond acceptors (Lipinski definition) is 4. The van der Waals surface area contributed by atoms with E-state index in [-0.39, 0.29) is 0 Å². The van der Waals surface area contributed by atoms with Crippen LogP contribution in [0.25, 0.3) is 121 Å². The lowest BCUT2D eigenvalue weighted by Crippen LogP contribution is -2.49. The molecule has 0 spiro atoms. The molecule has 2 aliphatic heterocycles. The van der Waals surface area contributed by atoms with E-state index in [0.29, 0.717) is 0 Å². The van der Waals surface area contributed by atoms with Crippen LogP contribution in [0.15, 0.2) is 185 Å². The number of benzene rings is 9. The van der Waals surface area contributed by atoms with Gasteiger partial charge in [-0.05, 0) is 90.0 Å². The van der Waals surface area contributed by atoms with E-state index in [1.807, 2.05) is 30.3 Å². The summed E-state index contributed by atoms with van der Waals surface area (Å²) in [6, 6.07) is 62.2. The van der Waals surface area contributed by atoms with E-state index in [2.05, 4.69) is 155 Å². The lowest BCUT2D eigenvalue weighted by molar-refractivity contribution is 0.436. The van der Waals surface area contributed by atoms with Crippen molar-refractivity contribution in [3.05, 3.63) is 176 Å². The third kappa shape index (κ3) is 4.07. The van der Waals surface area contributed by atoms with Crippen molar-refractivity contribution < 1.29 is 18.1 Å². The Hall–Kier alpha value is -8.16. The van der Waals surface area contributed by atoms with Gasteiger partial charge in [0.25, 0.3) is 0 Å². The summed E-state index contributed by atoms with van der Waals surface area (Å²) in [5.74, 6) is 1.56. The van der Waals surface area contributed by atoms with E-state index in [1.54, 1.807) is 0 Å². The molecule has 0 N–H and O–H groups in total. The summed E-state index contributed by atoms with van der Waals surface area (Å²) >= 11 is 0. The van der Waals surface area contributed by atoms with Gasteiger partial charge in [-0.15, -0.1) is 0 Å². The van der Waals surface area contributed by atoms with Crippen LogP contribution in [-0.4, -0.2) is 16.3 Å². The second-order valence-corrected chi connectivity index (χ2v) is 16.3. The smallest absolute Gasteiger partial charge is 0.521 e. The Bertz CT molecular complexity index is 4090. The number of aromatic nitrogens is 2. The first kappa shape index (κ1) is 31.8. The van der Waals surface area contributed by atoms with Gasteiger partial charge in [0.1, 0.15) is 33.8 Å². The zero-order valence-corrected chi connectivity index (χ0v) is 32.3. The largest absolute Gasteiger partial charge is 0.633 e. The van der Waals surface area contributed by atoms with Gasteiger partial charge < -0.3 is 27.3 Å².